The van der Waals surface area contributed by atoms with Gasteiger partial charge in [0.15, 0.2) is 0 Å². The van der Waals surface area contributed by atoms with Crippen molar-refractivity contribution in [1.82, 2.24) is 9.99 Å². The number of halogens is 5. The highest BCUT2D eigenvalue weighted by Gasteiger charge is 2.35. The topological polar surface area (TPSA) is 62.3 Å². The standard InChI is InChI=1S/C16H10Cl2F2IN3O2/c1-6-7(2)15(26)24(14(6)25)23-11-5-9(16(19,20)21)8-3-4-10(17)12(18)13(8)22-11/h3-5H,1-2H3,(H,22,23). The van der Waals surface area contributed by atoms with E-state index in [1.165, 1.54) is 26.0 Å². The van der Waals surface area contributed by atoms with Crippen molar-refractivity contribution in [2.75, 3.05) is 5.43 Å². The van der Waals surface area contributed by atoms with Crippen molar-refractivity contribution in [2.45, 2.75) is 17.8 Å². The molecule has 0 saturated heterocycles. The molecule has 0 fully saturated rings. The number of hydrogen-bond acceptors (Lipinski definition) is 4. The minimum Gasteiger partial charge on any atom is -0.271 e. The van der Waals surface area contributed by atoms with Crippen molar-refractivity contribution in [3.63, 3.8) is 0 Å². The molecule has 2 amide bonds. The van der Waals surface area contributed by atoms with Crippen LogP contribution in [-0.4, -0.2) is 21.8 Å². The number of nitrogens with one attached hydrogen (secondary N) is 1. The highest BCUT2D eigenvalue weighted by atomic mass is 127. The van der Waals surface area contributed by atoms with E-state index >= 15 is 0 Å². The van der Waals surface area contributed by atoms with Gasteiger partial charge in [0.05, 0.1) is 15.6 Å². The van der Waals surface area contributed by atoms with Crippen molar-refractivity contribution in [1.29, 1.82) is 0 Å². The molecule has 1 aliphatic rings. The number of carbonyl (C=O) groups excluding carboxylic acids is 2. The van der Waals surface area contributed by atoms with Crippen LogP contribution in [0.3, 0.4) is 0 Å². The number of imide groups is 1. The monoisotopic (exact) mass is 511 g/mol. The van der Waals surface area contributed by atoms with Gasteiger partial charge >= 0.3 is 3.93 Å². The molecule has 1 N–H and O–H groups in total. The number of nitrogens with zero attached hydrogens (tertiary/aromatic N) is 2. The summed E-state index contributed by atoms with van der Waals surface area (Å²) in [5, 5.41) is 0.994. The van der Waals surface area contributed by atoms with Gasteiger partial charge in [-0.3, -0.25) is 15.0 Å². The lowest BCUT2D eigenvalue weighted by Gasteiger charge is -2.19. The van der Waals surface area contributed by atoms with Crippen LogP contribution in [-0.2, 0) is 13.5 Å². The Morgan fingerprint density at radius 2 is 1.73 bits per heavy atom. The van der Waals surface area contributed by atoms with Gasteiger partial charge in [0.2, 0.25) is 0 Å². The van der Waals surface area contributed by atoms with Crippen molar-refractivity contribution in [3.8, 4) is 0 Å². The van der Waals surface area contributed by atoms with Crippen LogP contribution in [0.4, 0.5) is 14.6 Å². The molecule has 0 bridgehead atoms. The maximum absolute atomic E-state index is 14.1. The first kappa shape index (κ1) is 19.2. The van der Waals surface area contributed by atoms with Crippen molar-refractivity contribution in [2.24, 2.45) is 0 Å². The normalized spacial score (nSPS) is 15.4. The molecule has 0 spiro atoms. The van der Waals surface area contributed by atoms with E-state index in [9.17, 15) is 18.4 Å². The summed E-state index contributed by atoms with van der Waals surface area (Å²) >= 11 is 13.1. The molecule has 1 aromatic heterocycles. The van der Waals surface area contributed by atoms with Gasteiger partial charge in [0.1, 0.15) is 5.82 Å². The molecule has 5 nitrogen and oxygen atoms in total. The minimum absolute atomic E-state index is 0.000669. The molecule has 26 heavy (non-hydrogen) atoms. The van der Waals surface area contributed by atoms with Gasteiger partial charge in [-0.1, -0.05) is 29.3 Å². The number of alkyl halides is 3. The minimum atomic E-state index is -3.24. The van der Waals surface area contributed by atoms with Crippen molar-refractivity contribution < 1.29 is 18.4 Å². The third-order valence-corrected chi connectivity index (χ3v) is 5.39. The highest BCUT2D eigenvalue weighted by Crippen LogP contribution is 2.42. The summed E-state index contributed by atoms with van der Waals surface area (Å²) in [5.74, 6) is -1.28. The Hall–Kier alpha value is -1.52. The fourth-order valence-corrected chi connectivity index (χ4v) is 3.30. The van der Waals surface area contributed by atoms with Crippen LogP contribution in [0, 0.1) is 0 Å². The Labute approximate surface area is 170 Å². The van der Waals surface area contributed by atoms with E-state index in [0.717, 1.165) is 33.7 Å². The van der Waals surface area contributed by atoms with E-state index in [0.29, 0.717) is 0 Å². The zero-order valence-corrected chi connectivity index (χ0v) is 17.0. The zero-order valence-electron chi connectivity index (χ0n) is 13.3. The highest BCUT2D eigenvalue weighted by molar-refractivity contribution is 14.1. The number of benzene rings is 1. The van der Waals surface area contributed by atoms with Gasteiger partial charge in [0.25, 0.3) is 11.8 Å². The molecular formula is C16H10Cl2F2IN3O2. The SMILES string of the molecule is CC1=C(C)C(=O)N(Nc2cc(C(F)(F)I)c3ccc(Cl)c(Cl)c3n2)C1=O. The Kier molecular flexibility index (Phi) is 4.87. The number of carbonyl (C=O) groups is 2. The van der Waals surface area contributed by atoms with Gasteiger partial charge in [-0.15, -0.1) is 0 Å². The molecule has 0 radical (unpaired) electrons. The molecule has 0 unspecified atom stereocenters. The first-order valence-corrected chi connectivity index (χ1v) is 9.04. The molecular weight excluding hydrogens is 502 g/mol. The number of hydrogen-bond donors (Lipinski definition) is 1. The third-order valence-electron chi connectivity index (χ3n) is 4.01. The smallest absolute Gasteiger partial charge is 0.271 e. The molecule has 0 aliphatic carbocycles. The molecule has 2 aromatic rings. The number of pyridine rings is 1. The largest absolute Gasteiger partial charge is 0.322 e. The number of rotatable bonds is 3. The third kappa shape index (κ3) is 3.14. The molecule has 136 valence electrons. The average molecular weight is 512 g/mol. The fourth-order valence-electron chi connectivity index (χ4n) is 2.49. The fraction of sp³-hybridized carbons (Fsp3) is 0.188. The first-order chi connectivity index (χ1) is 12.0. The van der Waals surface area contributed by atoms with Crippen LogP contribution in [0.2, 0.25) is 10.0 Å². The van der Waals surface area contributed by atoms with Gasteiger partial charge in [-0.2, -0.15) is 13.8 Å². The summed E-state index contributed by atoms with van der Waals surface area (Å²) in [5.41, 5.74) is 2.70. The lowest BCUT2D eigenvalue weighted by atomic mass is 10.1. The Morgan fingerprint density at radius 3 is 2.27 bits per heavy atom. The van der Waals surface area contributed by atoms with E-state index < -0.39 is 15.7 Å². The average Bonchev–Trinajstić information content (AvgIpc) is 2.75. The second kappa shape index (κ2) is 6.58. The maximum atomic E-state index is 14.1. The Balaban J connectivity index is 2.15. The quantitative estimate of drug-likeness (QED) is 0.355. The molecule has 1 aliphatic heterocycles. The van der Waals surface area contributed by atoms with Crippen LogP contribution in [0.5, 0.6) is 0 Å². The summed E-state index contributed by atoms with van der Waals surface area (Å²) in [6.07, 6.45) is 0. The molecule has 10 heteroatoms. The van der Waals surface area contributed by atoms with E-state index in [1.807, 2.05) is 0 Å². The lowest BCUT2D eigenvalue weighted by molar-refractivity contribution is -0.135. The van der Waals surface area contributed by atoms with Crippen LogP contribution >= 0.6 is 45.8 Å². The van der Waals surface area contributed by atoms with E-state index in [2.05, 4.69) is 10.4 Å². The van der Waals surface area contributed by atoms with Gasteiger partial charge in [-0.25, -0.2) is 4.98 Å². The van der Waals surface area contributed by atoms with Crippen molar-refractivity contribution >= 4 is 74.3 Å². The summed E-state index contributed by atoms with van der Waals surface area (Å²) in [4.78, 5) is 28.5. The van der Waals surface area contributed by atoms with Gasteiger partial charge in [-0.05, 0) is 26.0 Å². The molecule has 0 saturated carbocycles. The van der Waals surface area contributed by atoms with E-state index in [4.69, 9.17) is 23.2 Å². The predicted molar refractivity (Wildman–Crippen MR) is 104 cm³/mol. The second-order valence-corrected chi connectivity index (χ2v) is 7.76. The van der Waals surface area contributed by atoms with Crippen molar-refractivity contribution in [3.05, 3.63) is 45.0 Å². The molecule has 3 rings (SSSR count). The van der Waals surface area contributed by atoms with Crippen LogP contribution in [0.15, 0.2) is 29.3 Å². The summed E-state index contributed by atoms with van der Waals surface area (Å²) in [6, 6.07) is 3.86. The van der Waals surface area contributed by atoms with Gasteiger partial charge in [0, 0.05) is 44.7 Å². The molecule has 1 aromatic carbocycles. The Morgan fingerprint density at radius 1 is 1.15 bits per heavy atom. The zero-order chi connectivity index (χ0) is 19.4. The number of aromatic nitrogens is 1. The van der Waals surface area contributed by atoms with Crippen LogP contribution < -0.4 is 5.43 Å². The van der Waals surface area contributed by atoms with Gasteiger partial charge < -0.3 is 0 Å². The van der Waals surface area contributed by atoms with Crippen LogP contribution in [0.1, 0.15) is 19.4 Å². The van der Waals surface area contributed by atoms with Crippen LogP contribution in [0.25, 0.3) is 10.9 Å². The number of hydrazine groups is 1. The molecule has 0 atom stereocenters. The number of anilines is 1. The first-order valence-electron chi connectivity index (χ1n) is 7.21. The second-order valence-electron chi connectivity index (χ2n) is 5.62. The maximum Gasteiger partial charge on any atom is 0.322 e. The lowest BCUT2D eigenvalue weighted by Crippen LogP contribution is -2.37. The number of fused-ring (bicyclic) bond motifs is 1. The number of amides is 2. The van der Waals surface area contributed by atoms with E-state index in [1.54, 1.807) is 0 Å². The van der Waals surface area contributed by atoms with E-state index in [-0.39, 0.29) is 43.5 Å². The summed E-state index contributed by atoms with van der Waals surface area (Å²) in [6.45, 7) is 3.01. The Bertz CT molecular complexity index is 981. The summed E-state index contributed by atoms with van der Waals surface area (Å²) in [7, 11) is 0. The summed E-state index contributed by atoms with van der Waals surface area (Å²) < 4.78 is 24.9. The molecule has 2 heterocycles. The predicted octanol–water partition coefficient (Wildman–Crippen LogP) is 5.06.